The summed E-state index contributed by atoms with van der Waals surface area (Å²) in [5, 5.41) is 11.8. The van der Waals surface area contributed by atoms with Crippen molar-refractivity contribution in [3.05, 3.63) is 0 Å². The Labute approximate surface area is 82.4 Å². The monoisotopic (exact) mass is 209 g/mol. The molecule has 1 heterocycles. The number of ether oxygens (including phenoxy) is 1. The Morgan fingerprint density at radius 2 is 2.29 bits per heavy atom. The molecule has 1 aliphatic heterocycles. The van der Waals surface area contributed by atoms with E-state index in [4.69, 9.17) is 9.84 Å². The van der Waals surface area contributed by atoms with E-state index in [-0.39, 0.29) is 18.7 Å². The van der Waals surface area contributed by atoms with E-state index < -0.39 is 12.5 Å². The van der Waals surface area contributed by atoms with Crippen LogP contribution in [-0.2, 0) is 4.74 Å². The van der Waals surface area contributed by atoms with E-state index in [0.29, 0.717) is 6.61 Å². The zero-order valence-electron chi connectivity index (χ0n) is 8.25. The molecule has 1 saturated heterocycles. The fraction of sp³-hybridized carbons (Fsp3) is 1.00. The maximum absolute atomic E-state index is 11.9. The first-order valence-electron chi connectivity index (χ1n) is 4.90. The third-order valence-electron chi connectivity index (χ3n) is 2.39. The zero-order valence-corrected chi connectivity index (χ0v) is 8.25. The Morgan fingerprint density at radius 1 is 1.57 bits per heavy atom. The number of alkyl halides is 2. The molecule has 5 heteroatoms. The van der Waals surface area contributed by atoms with E-state index in [0.717, 1.165) is 12.8 Å². The van der Waals surface area contributed by atoms with E-state index in [2.05, 4.69) is 5.32 Å². The molecule has 0 aromatic heterocycles. The first-order valence-corrected chi connectivity index (χ1v) is 4.90. The Bertz CT molecular complexity index is 169. The van der Waals surface area contributed by atoms with Crippen LogP contribution in [0.1, 0.15) is 19.8 Å². The molecule has 84 valence electrons. The van der Waals surface area contributed by atoms with Crippen molar-refractivity contribution >= 4 is 0 Å². The maximum Gasteiger partial charge on any atom is 0.265 e. The third kappa shape index (κ3) is 3.86. The van der Waals surface area contributed by atoms with Gasteiger partial charge in [-0.25, -0.2) is 8.78 Å². The van der Waals surface area contributed by atoms with Crippen LogP contribution in [0.5, 0.6) is 0 Å². The Hall–Kier alpha value is -0.260. The van der Waals surface area contributed by atoms with Gasteiger partial charge in [-0.15, -0.1) is 0 Å². The number of hydrogen-bond acceptors (Lipinski definition) is 3. The van der Waals surface area contributed by atoms with Crippen molar-refractivity contribution in [3.63, 3.8) is 0 Å². The number of aliphatic hydroxyl groups excluding tert-OH is 1. The smallest absolute Gasteiger partial charge is 0.265 e. The SMILES string of the molecule is CC1CC(NCC(O)C(F)F)CCO1. The number of halogens is 2. The maximum atomic E-state index is 11.9. The average Bonchev–Trinajstić information content (AvgIpc) is 2.14. The minimum absolute atomic E-state index is 0.0466. The van der Waals surface area contributed by atoms with Crippen LogP contribution in [0.3, 0.4) is 0 Å². The Balaban J connectivity index is 2.17. The van der Waals surface area contributed by atoms with Crippen molar-refractivity contribution in [2.24, 2.45) is 0 Å². The largest absolute Gasteiger partial charge is 0.386 e. The lowest BCUT2D eigenvalue weighted by atomic mass is 10.0. The van der Waals surface area contributed by atoms with Crippen LogP contribution in [0.2, 0.25) is 0 Å². The van der Waals surface area contributed by atoms with Gasteiger partial charge in [0, 0.05) is 19.2 Å². The number of aliphatic hydroxyl groups is 1. The fourth-order valence-corrected chi connectivity index (χ4v) is 1.56. The van der Waals surface area contributed by atoms with Gasteiger partial charge in [0.2, 0.25) is 0 Å². The van der Waals surface area contributed by atoms with Gasteiger partial charge in [0.1, 0.15) is 6.10 Å². The highest BCUT2D eigenvalue weighted by atomic mass is 19.3. The van der Waals surface area contributed by atoms with Crippen LogP contribution in [-0.4, -0.2) is 42.9 Å². The van der Waals surface area contributed by atoms with Gasteiger partial charge in [0.05, 0.1) is 6.10 Å². The third-order valence-corrected chi connectivity index (χ3v) is 2.39. The summed E-state index contributed by atoms with van der Waals surface area (Å²) in [5.74, 6) is 0. The second-order valence-electron chi connectivity index (χ2n) is 3.71. The van der Waals surface area contributed by atoms with Crippen LogP contribution in [0, 0.1) is 0 Å². The van der Waals surface area contributed by atoms with Crippen LogP contribution in [0.4, 0.5) is 8.78 Å². The molecular formula is C9H17F2NO2. The molecule has 0 amide bonds. The lowest BCUT2D eigenvalue weighted by molar-refractivity contribution is -0.0149. The van der Waals surface area contributed by atoms with Crippen LogP contribution >= 0.6 is 0 Å². The molecule has 0 aliphatic carbocycles. The van der Waals surface area contributed by atoms with Gasteiger partial charge in [-0.2, -0.15) is 0 Å². The summed E-state index contributed by atoms with van der Waals surface area (Å²) in [7, 11) is 0. The van der Waals surface area contributed by atoms with E-state index in [1.807, 2.05) is 6.92 Å². The molecule has 0 bridgehead atoms. The Kier molecular flexibility index (Phi) is 4.71. The summed E-state index contributed by atoms with van der Waals surface area (Å²) in [6, 6.07) is 0.187. The summed E-state index contributed by atoms with van der Waals surface area (Å²) < 4.78 is 29.2. The van der Waals surface area contributed by atoms with E-state index in [1.54, 1.807) is 0 Å². The molecule has 0 saturated carbocycles. The molecule has 0 radical (unpaired) electrons. The lowest BCUT2D eigenvalue weighted by Gasteiger charge is -2.28. The molecule has 1 aliphatic rings. The second kappa shape index (κ2) is 5.58. The molecule has 0 spiro atoms. The summed E-state index contributed by atoms with van der Waals surface area (Å²) >= 11 is 0. The molecule has 1 rings (SSSR count). The molecule has 14 heavy (non-hydrogen) atoms. The first kappa shape index (κ1) is 11.8. The predicted octanol–water partition coefficient (Wildman–Crippen LogP) is 0.769. The second-order valence-corrected chi connectivity index (χ2v) is 3.71. The summed E-state index contributed by atoms with van der Waals surface area (Å²) in [4.78, 5) is 0. The van der Waals surface area contributed by atoms with E-state index in [1.165, 1.54) is 0 Å². The van der Waals surface area contributed by atoms with E-state index >= 15 is 0 Å². The molecule has 0 aromatic carbocycles. The van der Waals surface area contributed by atoms with Crippen molar-refractivity contribution in [3.8, 4) is 0 Å². The molecule has 1 fully saturated rings. The van der Waals surface area contributed by atoms with Crippen molar-refractivity contribution < 1.29 is 18.6 Å². The minimum Gasteiger partial charge on any atom is -0.386 e. The minimum atomic E-state index is -2.67. The van der Waals surface area contributed by atoms with Crippen molar-refractivity contribution in [2.45, 2.75) is 44.4 Å². The van der Waals surface area contributed by atoms with Gasteiger partial charge >= 0.3 is 0 Å². The number of rotatable bonds is 4. The summed E-state index contributed by atoms with van der Waals surface area (Å²) in [5.41, 5.74) is 0. The molecule has 3 atom stereocenters. The fourth-order valence-electron chi connectivity index (χ4n) is 1.56. The van der Waals surface area contributed by atoms with Crippen LogP contribution in [0.15, 0.2) is 0 Å². The molecule has 3 nitrogen and oxygen atoms in total. The molecular weight excluding hydrogens is 192 g/mol. The number of nitrogens with one attached hydrogen (secondary N) is 1. The van der Waals surface area contributed by atoms with Gasteiger partial charge in [0.25, 0.3) is 6.43 Å². The molecule has 0 aromatic rings. The topological polar surface area (TPSA) is 41.5 Å². The highest BCUT2D eigenvalue weighted by Gasteiger charge is 2.22. The highest BCUT2D eigenvalue weighted by molar-refractivity contribution is 4.76. The Morgan fingerprint density at radius 3 is 2.86 bits per heavy atom. The van der Waals surface area contributed by atoms with Crippen molar-refractivity contribution in [1.82, 2.24) is 5.32 Å². The molecule has 3 unspecified atom stereocenters. The van der Waals surface area contributed by atoms with E-state index in [9.17, 15) is 8.78 Å². The van der Waals surface area contributed by atoms with Gasteiger partial charge in [-0.05, 0) is 19.8 Å². The van der Waals surface area contributed by atoms with Gasteiger partial charge in [-0.3, -0.25) is 0 Å². The standard InChI is InChI=1S/C9H17F2NO2/c1-6-4-7(2-3-14-6)12-5-8(13)9(10)11/h6-9,12-13H,2-5H2,1H3. The van der Waals surface area contributed by atoms with Gasteiger partial charge < -0.3 is 15.2 Å². The van der Waals surface area contributed by atoms with Crippen LogP contribution < -0.4 is 5.32 Å². The van der Waals surface area contributed by atoms with Gasteiger partial charge in [0.15, 0.2) is 0 Å². The number of hydrogen-bond donors (Lipinski definition) is 2. The van der Waals surface area contributed by atoms with Gasteiger partial charge in [-0.1, -0.05) is 0 Å². The van der Waals surface area contributed by atoms with Crippen LogP contribution in [0.25, 0.3) is 0 Å². The normalized spacial score (nSPS) is 30.6. The average molecular weight is 209 g/mol. The molecule has 2 N–H and O–H groups in total. The summed E-state index contributed by atoms with van der Waals surface area (Å²) in [6.07, 6.45) is -2.42. The van der Waals surface area contributed by atoms with Crippen molar-refractivity contribution in [2.75, 3.05) is 13.2 Å². The summed E-state index contributed by atoms with van der Waals surface area (Å²) in [6.45, 7) is 2.57. The zero-order chi connectivity index (χ0) is 10.6. The predicted molar refractivity (Wildman–Crippen MR) is 48.4 cm³/mol. The van der Waals surface area contributed by atoms with Crippen molar-refractivity contribution in [1.29, 1.82) is 0 Å². The highest BCUT2D eigenvalue weighted by Crippen LogP contribution is 2.13. The lowest BCUT2D eigenvalue weighted by Crippen LogP contribution is -2.43. The first-order chi connectivity index (χ1) is 6.59. The quantitative estimate of drug-likeness (QED) is 0.718.